The zero-order valence-electron chi connectivity index (χ0n) is 16.0. The summed E-state index contributed by atoms with van der Waals surface area (Å²) in [6.07, 6.45) is 4.92. The van der Waals surface area contributed by atoms with Crippen LogP contribution in [0.1, 0.15) is 38.2 Å². The molecule has 0 spiro atoms. The van der Waals surface area contributed by atoms with Crippen molar-refractivity contribution < 1.29 is 13.2 Å². The molecule has 146 valence electrons. The van der Waals surface area contributed by atoms with E-state index in [0.29, 0.717) is 30.5 Å². The molecule has 0 amide bonds. The van der Waals surface area contributed by atoms with E-state index in [1.165, 1.54) is 5.56 Å². The maximum absolute atomic E-state index is 12.9. The molecule has 5 heteroatoms. The summed E-state index contributed by atoms with van der Waals surface area (Å²) in [5.41, 5.74) is 1.33. The number of hydrogen-bond donors (Lipinski definition) is 0. The molecule has 4 nitrogen and oxygen atoms in total. The molecule has 0 aromatic heterocycles. The van der Waals surface area contributed by atoms with Gasteiger partial charge in [-0.05, 0) is 61.4 Å². The zero-order chi connectivity index (χ0) is 19.1. The fourth-order valence-corrected chi connectivity index (χ4v) is 4.96. The van der Waals surface area contributed by atoms with Crippen LogP contribution in [0.25, 0.3) is 0 Å². The van der Waals surface area contributed by atoms with Gasteiger partial charge < -0.3 is 4.74 Å². The lowest BCUT2D eigenvalue weighted by Gasteiger charge is -2.31. The standard InChI is InChI=1S/C22H29NO3S/c1-2-3-17-26-21-9-11-22(12-10-21)27(24,25)23-15-13-20(14-16-23)18-19-7-5-4-6-8-19/h4-12,20H,2-3,13-18H2,1H3. The molecule has 3 rings (SSSR count). The van der Waals surface area contributed by atoms with Crippen LogP contribution in [-0.2, 0) is 16.4 Å². The van der Waals surface area contributed by atoms with Gasteiger partial charge >= 0.3 is 0 Å². The fourth-order valence-electron chi connectivity index (χ4n) is 3.49. The Morgan fingerprint density at radius 2 is 1.67 bits per heavy atom. The Hall–Kier alpha value is -1.85. The largest absolute Gasteiger partial charge is 0.494 e. The average Bonchev–Trinajstić information content (AvgIpc) is 2.70. The minimum Gasteiger partial charge on any atom is -0.494 e. The minimum absolute atomic E-state index is 0.354. The Balaban J connectivity index is 1.56. The number of benzene rings is 2. The van der Waals surface area contributed by atoms with Crippen molar-refractivity contribution in [3.8, 4) is 5.75 Å². The molecule has 1 aliphatic rings. The second-order valence-corrected chi connectivity index (χ2v) is 9.15. The molecule has 0 bridgehead atoms. The normalized spacial score (nSPS) is 16.3. The van der Waals surface area contributed by atoms with Gasteiger partial charge in [-0.3, -0.25) is 0 Å². The minimum atomic E-state index is -3.42. The highest BCUT2D eigenvalue weighted by Gasteiger charge is 2.29. The van der Waals surface area contributed by atoms with Gasteiger partial charge in [0, 0.05) is 13.1 Å². The zero-order valence-corrected chi connectivity index (χ0v) is 16.8. The first-order valence-corrected chi connectivity index (χ1v) is 11.3. The summed E-state index contributed by atoms with van der Waals surface area (Å²) in [5, 5.41) is 0. The summed E-state index contributed by atoms with van der Waals surface area (Å²) in [4.78, 5) is 0.354. The van der Waals surface area contributed by atoms with Crippen molar-refractivity contribution in [3.63, 3.8) is 0 Å². The SMILES string of the molecule is CCCCOc1ccc(S(=O)(=O)N2CCC(Cc3ccccc3)CC2)cc1. The van der Waals surface area contributed by atoms with Gasteiger partial charge in [0.1, 0.15) is 5.75 Å². The Morgan fingerprint density at radius 1 is 1.00 bits per heavy atom. The first kappa shape index (κ1) is 19.9. The third-order valence-corrected chi connectivity index (χ3v) is 7.08. The van der Waals surface area contributed by atoms with Gasteiger partial charge in [-0.15, -0.1) is 0 Å². The van der Waals surface area contributed by atoms with Crippen molar-refractivity contribution in [1.82, 2.24) is 4.31 Å². The predicted molar refractivity (Wildman–Crippen MR) is 108 cm³/mol. The van der Waals surface area contributed by atoms with E-state index in [9.17, 15) is 8.42 Å². The molecule has 2 aromatic rings. The summed E-state index contributed by atoms with van der Waals surface area (Å²) in [6, 6.07) is 17.3. The predicted octanol–water partition coefficient (Wildman–Crippen LogP) is 4.51. The summed E-state index contributed by atoms with van der Waals surface area (Å²) >= 11 is 0. The molecule has 0 atom stereocenters. The van der Waals surface area contributed by atoms with E-state index < -0.39 is 10.0 Å². The lowest BCUT2D eigenvalue weighted by atomic mass is 9.91. The van der Waals surface area contributed by atoms with Crippen molar-refractivity contribution in [2.24, 2.45) is 5.92 Å². The number of ether oxygens (including phenoxy) is 1. The third kappa shape index (κ3) is 5.33. The van der Waals surface area contributed by atoms with Crippen molar-refractivity contribution in [3.05, 3.63) is 60.2 Å². The van der Waals surface area contributed by atoms with Gasteiger partial charge in [0.05, 0.1) is 11.5 Å². The van der Waals surface area contributed by atoms with Crippen molar-refractivity contribution in [2.75, 3.05) is 19.7 Å². The average molecular weight is 388 g/mol. The first-order chi connectivity index (χ1) is 13.1. The molecular weight excluding hydrogens is 358 g/mol. The molecule has 0 unspecified atom stereocenters. The van der Waals surface area contributed by atoms with E-state index in [4.69, 9.17) is 4.74 Å². The summed E-state index contributed by atoms with van der Waals surface area (Å²) in [5.74, 6) is 1.28. The molecule has 1 fully saturated rings. The van der Waals surface area contributed by atoms with E-state index in [1.54, 1.807) is 28.6 Å². The molecule has 0 saturated carbocycles. The van der Waals surface area contributed by atoms with Gasteiger partial charge in [0.2, 0.25) is 10.0 Å². The van der Waals surface area contributed by atoms with Crippen LogP contribution in [0.4, 0.5) is 0 Å². The van der Waals surface area contributed by atoms with Crippen LogP contribution >= 0.6 is 0 Å². The van der Waals surface area contributed by atoms with Crippen LogP contribution in [0.3, 0.4) is 0 Å². The number of sulfonamides is 1. The van der Waals surface area contributed by atoms with Crippen LogP contribution in [0, 0.1) is 5.92 Å². The van der Waals surface area contributed by atoms with Gasteiger partial charge in [-0.25, -0.2) is 8.42 Å². The topological polar surface area (TPSA) is 46.6 Å². The fraction of sp³-hybridized carbons (Fsp3) is 0.455. The van der Waals surface area contributed by atoms with Crippen LogP contribution < -0.4 is 4.74 Å². The van der Waals surface area contributed by atoms with Gasteiger partial charge in [-0.2, -0.15) is 4.31 Å². The molecule has 0 radical (unpaired) electrons. The first-order valence-electron chi connectivity index (χ1n) is 9.86. The van der Waals surface area contributed by atoms with E-state index >= 15 is 0 Å². The summed E-state index contributed by atoms with van der Waals surface area (Å²) in [6.45, 7) is 3.96. The molecule has 0 N–H and O–H groups in total. The molecule has 1 saturated heterocycles. The van der Waals surface area contributed by atoms with Crippen LogP contribution in [0.2, 0.25) is 0 Å². The summed E-state index contributed by atoms with van der Waals surface area (Å²) in [7, 11) is -3.42. The number of hydrogen-bond acceptors (Lipinski definition) is 3. The third-order valence-electron chi connectivity index (χ3n) is 5.17. The number of nitrogens with zero attached hydrogens (tertiary/aromatic N) is 1. The molecular formula is C22H29NO3S. The van der Waals surface area contributed by atoms with Gasteiger partial charge in [-0.1, -0.05) is 43.7 Å². The van der Waals surface area contributed by atoms with Crippen molar-refractivity contribution in [1.29, 1.82) is 0 Å². The Bertz CT molecular complexity index is 795. The van der Waals surface area contributed by atoms with Crippen LogP contribution in [0.5, 0.6) is 5.75 Å². The highest BCUT2D eigenvalue weighted by molar-refractivity contribution is 7.89. The number of piperidine rings is 1. The molecule has 1 heterocycles. The van der Waals surface area contributed by atoms with Crippen LogP contribution in [0.15, 0.2) is 59.5 Å². The van der Waals surface area contributed by atoms with E-state index in [-0.39, 0.29) is 0 Å². The van der Waals surface area contributed by atoms with E-state index in [1.807, 2.05) is 6.07 Å². The molecule has 27 heavy (non-hydrogen) atoms. The van der Waals surface area contributed by atoms with Crippen LogP contribution in [-0.4, -0.2) is 32.4 Å². The molecule has 1 aliphatic heterocycles. The number of unbranched alkanes of at least 4 members (excludes halogenated alkanes) is 1. The second kappa shape index (κ2) is 9.38. The summed E-state index contributed by atoms with van der Waals surface area (Å²) < 4.78 is 33.1. The van der Waals surface area contributed by atoms with Crippen molar-refractivity contribution >= 4 is 10.0 Å². The Morgan fingerprint density at radius 3 is 2.30 bits per heavy atom. The smallest absolute Gasteiger partial charge is 0.243 e. The van der Waals surface area contributed by atoms with E-state index in [2.05, 4.69) is 31.2 Å². The Kier molecular flexibility index (Phi) is 6.91. The highest BCUT2D eigenvalue weighted by Crippen LogP contribution is 2.27. The maximum atomic E-state index is 12.9. The quantitative estimate of drug-likeness (QED) is 0.626. The Labute approximate surface area is 163 Å². The monoisotopic (exact) mass is 387 g/mol. The van der Waals surface area contributed by atoms with E-state index in [0.717, 1.165) is 37.9 Å². The molecule has 0 aliphatic carbocycles. The molecule has 2 aromatic carbocycles. The van der Waals surface area contributed by atoms with Gasteiger partial charge in [0.25, 0.3) is 0 Å². The second-order valence-electron chi connectivity index (χ2n) is 7.21. The maximum Gasteiger partial charge on any atom is 0.243 e. The lowest BCUT2D eigenvalue weighted by Crippen LogP contribution is -2.38. The lowest BCUT2D eigenvalue weighted by molar-refractivity contribution is 0.273. The highest BCUT2D eigenvalue weighted by atomic mass is 32.2. The van der Waals surface area contributed by atoms with Gasteiger partial charge in [0.15, 0.2) is 0 Å². The van der Waals surface area contributed by atoms with Crippen molar-refractivity contribution in [2.45, 2.75) is 43.9 Å². The number of rotatable bonds is 8.